The molecule has 6 heteroatoms. The molecule has 0 unspecified atom stereocenters. The smallest absolute Gasteiger partial charge is 0.230 e. The van der Waals surface area contributed by atoms with E-state index in [-0.39, 0.29) is 0 Å². The first kappa shape index (κ1) is 14.2. The zero-order chi connectivity index (χ0) is 14.7. The van der Waals surface area contributed by atoms with Crippen LogP contribution in [0.15, 0.2) is 41.5 Å². The Morgan fingerprint density at radius 1 is 1.19 bits per heavy atom. The Bertz CT molecular complexity index is 688. The van der Waals surface area contributed by atoms with E-state index in [1.807, 2.05) is 12.1 Å². The number of ether oxygens (including phenoxy) is 1. The minimum Gasteiger partial charge on any atom is -0.437 e. The van der Waals surface area contributed by atoms with Crippen molar-refractivity contribution in [2.24, 2.45) is 4.99 Å². The van der Waals surface area contributed by atoms with Crippen LogP contribution >= 0.6 is 23.2 Å². The lowest BCUT2D eigenvalue weighted by Gasteiger charge is -2.17. The van der Waals surface area contributed by atoms with Gasteiger partial charge in [-0.1, -0.05) is 23.2 Å². The van der Waals surface area contributed by atoms with E-state index in [0.29, 0.717) is 21.7 Å². The molecule has 21 heavy (non-hydrogen) atoms. The first-order valence-corrected chi connectivity index (χ1v) is 7.36. The van der Waals surface area contributed by atoms with Crippen LogP contribution in [0.2, 0.25) is 10.0 Å². The van der Waals surface area contributed by atoms with Crippen LogP contribution in [0, 0.1) is 0 Å². The Hall–Kier alpha value is -1.78. The number of pyridine rings is 1. The van der Waals surface area contributed by atoms with Crippen LogP contribution in [-0.2, 0) is 0 Å². The van der Waals surface area contributed by atoms with Gasteiger partial charge >= 0.3 is 0 Å². The van der Waals surface area contributed by atoms with Crippen molar-refractivity contribution in [1.29, 1.82) is 0 Å². The fourth-order valence-electron chi connectivity index (χ4n) is 2.03. The zero-order valence-corrected chi connectivity index (χ0v) is 12.7. The number of hydrogen-bond donors (Lipinski definition) is 1. The van der Waals surface area contributed by atoms with Crippen LogP contribution in [0.3, 0.4) is 0 Å². The molecule has 1 aromatic heterocycles. The van der Waals surface area contributed by atoms with Gasteiger partial charge in [0.15, 0.2) is 0 Å². The van der Waals surface area contributed by atoms with E-state index < -0.39 is 0 Å². The van der Waals surface area contributed by atoms with Gasteiger partial charge in [-0.2, -0.15) is 0 Å². The molecule has 1 aliphatic rings. The molecule has 0 saturated heterocycles. The van der Waals surface area contributed by atoms with E-state index in [2.05, 4.69) is 15.3 Å². The van der Waals surface area contributed by atoms with E-state index in [1.165, 1.54) is 0 Å². The number of hydrogen-bond acceptors (Lipinski definition) is 4. The van der Waals surface area contributed by atoms with Crippen LogP contribution in [0.5, 0.6) is 11.6 Å². The molecule has 2 heterocycles. The number of nitrogens with one attached hydrogen (secondary N) is 1. The van der Waals surface area contributed by atoms with Crippen molar-refractivity contribution in [1.82, 2.24) is 10.3 Å². The van der Waals surface area contributed by atoms with Gasteiger partial charge in [0.1, 0.15) is 11.6 Å². The van der Waals surface area contributed by atoms with Crippen molar-refractivity contribution < 1.29 is 4.74 Å². The number of aliphatic imine (C=N–C) groups is 1. The lowest BCUT2D eigenvalue weighted by Crippen LogP contribution is -2.30. The highest BCUT2D eigenvalue weighted by molar-refractivity contribution is 6.35. The highest BCUT2D eigenvalue weighted by Gasteiger charge is 2.15. The van der Waals surface area contributed by atoms with Gasteiger partial charge < -0.3 is 10.1 Å². The fraction of sp³-hybridized carbons (Fsp3) is 0.200. The van der Waals surface area contributed by atoms with Crippen LogP contribution in [0.25, 0.3) is 0 Å². The van der Waals surface area contributed by atoms with E-state index in [1.54, 1.807) is 24.4 Å². The number of rotatable bonds is 3. The summed E-state index contributed by atoms with van der Waals surface area (Å²) in [6, 6.07) is 8.85. The molecule has 3 rings (SSSR count). The Morgan fingerprint density at radius 2 is 2.10 bits per heavy atom. The highest BCUT2D eigenvalue weighted by atomic mass is 35.5. The summed E-state index contributed by atoms with van der Waals surface area (Å²) in [7, 11) is 0. The topological polar surface area (TPSA) is 46.5 Å². The minimum absolute atomic E-state index is 0.442. The fourth-order valence-corrected chi connectivity index (χ4v) is 2.47. The van der Waals surface area contributed by atoms with Crippen molar-refractivity contribution in [3.8, 4) is 11.6 Å². The predicted octanol–water partition coefficient (Wildman–Crippen LogP) is 3.92. The van der Waals surface area contributed by atoms with Gasteiger partial charge in [-0.05, 0) is 36.8 Å². The molecule has 1 N–H and O–H groups in total. The third-order valence-corrected chi connectivity index (χ3v) is 3.55. The standard InChI is InChI=1S/C15H13Cl2N3O/c16-10-4-5-13(12(17)9-10)21-15-11(3-1-6-20-15)14-18-7-2-8-19-14/h1,3-6,9H,2,7-8H2,(H,18,19). The minimum atomic E-state index is 0.442. The molecule has 0 spiro atoms. The van der Waals surface area contributed by atoms with E-state index in [9.17, 15) is 0 Å². The van der Waals surface area contributed by atoms with Crippen molar-refractivity contribution in [2.75, 3.05) is 13.1 Å². The molecule has 0 fully saturated rings. The molecule has 108 valence electrons. The second-order valence-electron chi connectivity index (χ2n) is 4.54. The number of halogens is 2. The third-order valence-electron chi connectivity index (χ3n) is 3.02. The quantitative estimate of drug-likeness (QED) is 0.931. The second-order valence-corrected chi connectivity index (χ2v) is 5.39. The van der Waals surface area contributed by atoms with Crippen molar-refractivity contribution in [3.63, 3.8) is 0 Å². The lowest BCUT2D eigenvalue weighted by atomic mass is 10.2. The maximum absolute atomic E-state index is 6.13. The van der Waals surface area contributed by atoms with Gasteiger partial charge in [-0.25, -0.2) is 4.98 Å². The summed E-state index contributed by atoms with van der Waals surface area (Å²) < 4.78 is 5.83. The van der Waals surface area contributed by atoms with Crippen LogP contribution in [-0.4, -0.2) is 23.9 Å². The summed E-state index contributed by atoms with van der Waals surface area (Å²) in [6.07, 6.45) is 2.70. The number of benzene rings is 1. The Balaban J connectivity index is 1.93. The second kappa shape index (κ2) is 6.33. The number of nitrogens with zero attached hydrogens (tertiary/aromatic N) is 2. The molecule has 2 aromatic rings. The first-order valence-electron chi connectivity index (χ1n) is 6.60. The number of amidine groups is 1. The third kappa shape index (κ3) is 3.28. The Kier molecular flexibility index (Phi) is 4.27. The molecule has 0 aliphatic carbocycles. The molecule has 4 nitrogen and oxygen atoms in total. The van der Waals surface area contributed by atoms with Crippen LogP contribution in [0.1, 0.15) is 12.0 Å². The summed E-state index contributed by atoms with van der Waals surface area (Å²) in [5.41, 5.74) is 0.822. The zero-order valence-electron chi connectivity index (χ0n) is 11.1. The van der Waals surface area contributed by atoms with E-state index >= 15 is 0 Å². The Labute approximate surface area is 132 Å². The molecule has 0 amide bonds. The van der Waals surface area contributed by atoms with Crippen molar-refractivity contribution in [3.05, 3.63) is 52.1 Å². The predicted molar refractivity (Wildman–Crippen MR) is 84.8 cm³/mol. The van der Waals surface area contributed by atoms with Crippen LogP contribution < -0.4 is 10.1 Å². The summed E-state index contributed by atoms with van der Waals surface area (Å²) in [6.45, 7) is 1.70. The molecular weight excluding hydrogens is 309 g/mol. The molecule has 0 saturated carbocycles. The molecule has 0 radical (unpaired) electrons. The number of aromatic nitrogens is 1. The monoisotopic (exact) mass is 321 g/mol. The molecular formula is C15H13Cl2N3O. The van der Waals surface area contributed by atoms with E-state index in [0.717, 1.165) is 30.9 Å². The highest BCUT2D eigenvalue weighted by Crippen LogP contribution is 2.32. The summed E-state index contributed by atoms with van der Waals surface area (Å²) in [4.78, 5) is 8.75. The van der Waals surface area contributed by atoms with Crippen molar-refractivity contribution in [2.45, 2.75) is 6.42 Å². The normalized spacial score (nSPS) is 14.3. The summed E-state index contributed by atoms with van der Waals surface area (Å²) in [5, 5.41) is 4.27. The van der Waals surface area contributed by atoms with Gasteiger partial charge in [-0.15, -0.1) is 0 Å². The molecule has 1 aromatic carbocycles. The maximum atomic E-state index is 6.13. The molecule has 0 bridgehead atoms. The van der Waals surface area contributed by atoms with Gasteiger partial charge in [0.2, 0.25) is 5.88 Å². The largest absolute Gasteiger partial charge is 0.437 e. The summed E-state index contributed by atoms with van der Waals surface area (Å²) >= 11 is 12.0. The van der Waals surface area contributed by atoms with Gasteiger partial charge in [-0.3, -0.25) is 4.99 Å². The van der Waals surface area contributed by atoms with Crippen molar-refractivity contribution >= 4 is 29.0 Å². The lowest BCUT2D eigenvalue weighted by molar-refractivity contribution is 0.461. The van der Waals surface area contributed by atoms with Gasteiger partial charge in [0.05, 0.1) is 10.6 Å². The molecule has 0 atom stereocenters. The average molecular weight is 322 g/mol. The van der Waals surface area contributed by atoms with Gasteiger partial charge in [0.25, 0.3) is 0 Å². The average Bonchev–Trinajstić information content (AvgIpc) is 2.51. The summed E-state index contributed by atoms with van der Waals surface area (Å²) in [5.74, 6) is 1.78. The maximum Gasteiger partial charge on any atom is 0.230 e. The molecule has 1 aliphatic heterocycles. The Morgan fingerprint density at radius 3 is 2.86 bits per heavy atom. The first-order chi connectivity index (χ1) is 10.2. The van der Waals surface area contributed by atoms with Gasteiger partial charge in [0, 0.05) is 24.3 Å². The SMILES string of the molecule is Clc1ccc(Oc2ncccc2C2=NCCCN2)c(Cl)c1. The van der Waals surface area contributed by atoms with E-state index in [4.69, 9.17) is 27.9 Å². The van der Waals surface area contributed by atoms with Crippen LogP contribution in [0.4, 0.5) is 0 Å².